The van der Waals surface area contributed by atoms with E-state index in [1.165, 1.54) is 19.3 Å². The van der Waals surface area contributed by atoms with Crippen LogP contribution >= 0.6 is 0 Å². The molecule has 0 bridgehead atoms. The smallest absolute Gasteiger partial charge is 0.317 e. The fraction of sp³-hybridized carbons (Fsp3) is 0.889. The molecule has 0 radical (unpaired) electrons. The van der Waals surface area contributed by atoms with Gasteiger partial charge in [-0.05, 0) is 38.9 Å². The average molecular weight is 355 g/mol. The number of piperidine rings is 1. The van der Waals surface area contributed by atoms with Crippen LogP contribution < -0.4 is 0 Å². The van der Waals surface area contributed by atoms with Crippen molar-refractivity contribution in [2.45, 2.75) is 45.3 Å². The molecule has 0 aromatic heterocycles. The van der Waals surface area contributed by atoms with Gasteiger partial charge in [-0.25, -0.2) is 0 Å². The normalized spacial score (nSPS) is 23.9. The van der Waals surface area contributed by atoms with Crippen LogP contribution in [0.2, 0.25) is 0 Å². The van der Waals surface area contributed by atoms with Gasteiger partial charge < -0.3 is 14.7 Å². The predicted octanol–water partition coefficient (Wildman–Crippen LogP) is 0.741. The average Bonchev–Trinajstić information content (AvgIpc) is 2.55. The van der Waals surface area contributed by atoms with Gasteiger partial charge in [0, 0.05) is 19.6 Å². The molecule has 2 saturated heterocycles. The first-order valence-electron chi connectivity index (χ1n) is 9.43. The molecule has 2 heterocycles. The van der Waals surface area contributed by atoms with Crippen LogP contribution in [0.4, 0.5) is 0 Å². The number of aliphatic carboxylic acids is 1. The second-order valence-corrected chi connectivity index (χ2v) is 7.65. The van der Waals surface area contributed by atoms with E-state index in [4.69, 9.17) is 9.84 Å². The van der Waals surface area contributed by atoms with Crippen molar-refractivity contribution in [1.82, 2.24) is 14.7 Å². The second kappa shape index (κ2) is 9.50. The third-order valence-corrected chi connectivity index (χ3v) is 5.04. The van der Waals surface area contributed by atoms with Gasteiger partial charge in [-0.2, -0.15) is 0 Å². The molecular formula is C18H33N3O4. The molecule has 1 N–H and O–H groups in total. The second-order valence-electron chi connectivity index (χ2n) is 7.65. The van der Waals surface area contributed by atoms with Gasteiger partial charge >= 0.3 is 5.97 Å². The standard InChI is InChI=1S/C18H33N3O4/c1-14(2)17(20-7-5-4-6-8-20)18(24)21-9-10-25-15(12-21)11-19(3)13-16(22)23/h14-15,17H,4-13H2,1-3H3,(H,22,23). The number of morpholine rings is 1. The van der Waals surface area contributed by atoms with Crippen molar-refractivity contribution in [3.05, 3.63) is 0 Å². The van der Waals surface area contributed by atoms with Crippen molar-refractivity contribution < 1.29 is 19.4 Å². The molecule has 0 spiro atoms. The Bertz CT molecular complexity index is 452. The van der Waals surface area contributed by atoms with Crippen LogP contribution in [0.3, 0.4) is 0 Å². The molecule has 144 valence electrons. The zero-order valence-corrected chi connectivity index (χ0v) is 15.8. The molecule has 2 unspecified atom stereocenters. The molecule has 25 heavy (non-hydrogen) atoms. The Morgan fingerprint density at radius 1 is 1.20 bits per heavy atom. The van der Waals surface area contributed by atoms with Gasteiger partial charge in [0.1, 0.15) is 0 Å². The van der Waals surface area contributed by atoms with Crippen LogP contribution in [-0.4, -0.2) is 96.8 Å². The van der Waals surface area contributed by atoms with E-state index in [9.17, 15) is 9.59 Å². The Hall–Kier alpha value is -1.18. The van der Waals surface area contributed by atoms with Gasteiger partial charge in [0.25, 0.3) is 0 Å². The first-order valence-corrected chi connectivity index (χ1v) is 9.43. The maximum Gasteiger partial charge on any atom is 0.317 e. The highest BCUT2D eigenvalue weighted by Gasteiger charge is 2.35. The maximum absolute atomic E-state index is 13.2. The number of carboxylic acids is 1. The van der Waals surface area contributed by atoms with Crippen LogP contribution in [0.1, 0.15) is 33.1 Å². The maximum atomic E-state index is 13.2. The summed E-state index contributed by atoms with van der Waals surface area (Å²) in [4.78, 5) is 30.0. The third-order valence-electron chi connectivity index (χ3n) is 5.04. The van der Waals surface area contributed by atoms with E-state index in [0.29, 0.717) is 26.2 Å². The molecule has 7 nitrogen and oxygen atoms in total. The highest BCUT2D eigenvalue weighted by atomic mass is 16.5. The summed E-state index contributed by atoms with van der Waals surface area (Å²) >= 11 is 0. The lowest BCUT2D eigenvalue weighted by molar-refractivity contribution is -0.148. The summed E-state index contributed by atoms with van der Waals surface area (Å²) in [5.74, 6) is -0.371. The topological polar surface area (TPSA) is 73.3 Å². The summed E-state index contributed by atoms with van der Waals surface area (Å²) in [5.41, 5.74) is 0. The van der Waals surface area contributed by atoms with E-state index in [0.717, 1.165) is 13.1 Å². The summed E-state index contributed by atoms with van der Waals surface area (Å²) in [6, 6.07) is -0.0594. The van der Waals surface area contributed by atoms with E-state index in [-0.39, 0.29) is 30.5 Å². The van der Waals surface area contributed by atoms with Crippen LogP contribution in [0.25, 0.3) is 0 Å². The number of nitrogens with zero attached hydrogens (tertiary/aromatic N) is 3. The summed E-state index contributed by atoms with van der Waals surface area (Å²) in [6.45, 7) is 8.43. The predicted molar refractivity (Wildman–Crippen MR) is 95.5 cm³/mol. The number of hydrogen-bond acceptors (Lipinski definition) is 5. The van der Waals surface area contributed by atoms with Gasteiger partial charge in [-0.3, -0.25) is 19.4 Å². The molecule has 0 aromatic rings. The van der Waals surface area contributed by atoms with Crippen LogP contribution in [0, 0.1) is 5.92 Å². The number of ether oxygens (including phenoxy) is 1. The van der Waals surface area contributed by atoms with Crippen molar-refractivity contribution in [3.63, 3.8) is 0 Å². The molecule has 2 atom stereocenters. The molecular weight excluding hydrogens is 322 g/mol. The molecule has 7 heteroatoms. The number of carboxylic acid groups (broad SMARTS) is 1. The first-order chi connectivity index (χ1) is 11.9. The Labute approximate surface area is 150 Å². The largest absolute Gasteiger partial charge is 0.480 e. The van der Waals surface area contributed by atoms with Crippen molar-refractivity contribution in [3.8, 4) is 0 Å². The highest BCUT2D eigenvalue weighted by Crippen LogP contribution is 2.21. The molecule has 1 amide bonds. The van der Waals surface area contributed by atoms with Gasteiger partial charge in [0.15, 0.2) is 0 Å². The van der Waals surface area contributed by atoms with Gasteiger partial charge in [0.05, 0.1) is 25.3 Å². The number of rotatable bonds is 7. The summed E-state index contributed by atoms with van der Waals surface area (Å²) in [7, 11) is 1.77. The number of likely N-dealkylation sites (N-methyl/N-ethyl adjacent to an activating group) is 1. The Balaban J connectivity index is 1.95. The van der Waals surface area contributed by atoms with E-state index in [2.05, 4.69) is 18.7 Å². The quantitative estimate of drug-likeness (QED) is 0.726. The molecule has 0 saturated carbocycles. The third kappa shape index (κ3) is 5.94. The lowest BCUT2D eigenvalue weighted by Crippen LogP contribution is -2.57. The van der Waals surface area contributed by atoms with Crippen LogP contribution in [-0.2, 0) is 14.3 Å². The minimum atomic E-state index is -0.851. The summed E-state index contributed by atoms with van der Waals surface area (Å²) in [5, 5.41) is 8.88. The van der Waals surface area contributed by atoms with Crippen molar-refractivity contribution in [2.24, 2.45) is 5.92 Å². The van der Waals surface area contributed by atoms with E-state index in [1.807, 2.05) is 4.90 Å². The minimum Gasteiger partial charge on any atom is -0.480 e. The van der Waals surface area contributed by atoms with Gasteiger partial charge in [0.2, 0.25) is 5.91 Å². The zero-order valence-electron chi connectivity index (χ0n) is 15.8. The van der Waals surface area contributed by atoms with E-state index >= 15 is 0 Å². The molecule has 2 rings (SSSR count). The zero-order chi connectivity index (χ0) is 18.4. The molecule has 0 aromatic carbocycles. The van der Waals surface area contributed by atoms with Gasteiger partial charge in [-0.15, -0.1) is 0 Å². The SMILES string of the molecule is CC(C)C(C(=O)N1CCOC(CN(C)CC(=O)O)C1)N1CCCCC1. The summed E-state index contributed by atoms with van der Waals surface area (Å²) in [6.07, 6.45) is 3.46. The number of carbonyl (C=O) groups excluding carboxylic acids is 1. The number of likely N-dealkylation sites (tertiary alicyclic amines) is 1. The molecule has 2 aliphatic heterocycles. The number of hydrogen-bond donors (Lipinski definition) is 1. The Morgan fingerprint density at radius 3 is 2.48 bits per heavy atom. The molecule has 2 aliphatic rings. The van der Waals surface area contributed by atoms with Gasteiger partial charge in [-0.1, -0.05) is 20.3 Å². The van der Waals surface area contributed by atoms with Crippen molar-refractivity contribution >= 4 is 11.9 Å². The molecule has 0 aliphatic carbocycles. The van der Waals surface area contributed by atoms with E-state index in [1.54, 1.807) is 11.9 Å². The lowest BCUT2D eigenvalue weighted by Gasteiger charge is -2.41. The number of amides is 1. The van der Waals surface area contributed by atoms with Crippen LogP contribution in [0.15, 0.2) is 0 Å². The minimum absolute atomic E-state index is 0.0177. The van der Waals surface area contributed by atoms with Crippen molar-refractivity contribution in [1.29, 1.82) is 0 Å². The summed E-state index contributed by atoms with van der Waals surface area (Å²) < 4.78 is 5.75. The Morgan fingerprint density at radius 2 is 1.88 bits per heavy atom. The fourth-order valence-electron chi connectivity index (χ4n) is 3.92. The Kier molecular flexibility index (Phi) is 7.65. The lowest BCUT2D eigenvalue weighted by atomic mass is 9.97. The highest BCUT2D eigenvalue weighted by molar-refractivity contribution is 5.82. The van der Waals surface area contributed by atoms with E-state index < -0.39 is 5.97 Å². The van der Waals surface area contributed by atoms with Crippen molar-refractivity contribution in [2.75, 3.05) is 52.9 Å². The monoisotopic (exact) mass is 355 g/mol. The van der Waals surface area contributed by atoms with Crippen LogP contribution in [0.5, 0.6) is 0 Å². The number of carbonyl (C=O) groups is 2. The first kappa shape index (κ1) is 20.1. The fourth-order valence-corrected chi connectivity index (χ4v) is 3.92. The molecule has 2 fully saturated rings.